The first-order valence-corrected chi connectivity index (χ1v) is 25.9. The summed E-state index contributed by atoms with van der Waals surface area (Å²) in [7, 11) is 0. The second-order valence-electron chi connectivity index (χ2n) is 20.2. The lowest BCUT2D eigenvalue weighted by Crippen LogP contribution is -2.11. The maximum Gasteiger partial charge on any atom is 0.416 e. The molecule has 0 radical (unpaired) electrons. The maximum absolute atomic E-state index is 16.1. The van der Waals surface area contributed by atoms with Crippen LogP contribution in [0.5, 0.6) is 0 Å². The Kier molecular flexibility index (Phi) is 13.0. The standard InChI is InChI=1S/C70H30F6N10/c71-69(72,73)56-3-1-2-51(24-56)68-66(85-62-8-4-47(52-16-39(31-77)12-40(17-52)32-78)25-58(62)59-26-48(5-9-63(59)85)53-18-41(33-79)13-42(19-53)34-80)29-57(70(74,75)76)30-67(68)86-64-10-6-49(54-20-43(35-81)14-44(21-54)36-82)27-60(64)61-28-50(7-11-65(61)86)55-22-45(37-83)15-46(23-55)38-84/h1-30H. The summed E-state index contributed by atoms with van der Waals surface area (Å²) in [4.78, 5) is 0. The van der Waals surface area contributed by atoms with Crippen molar-refractivity contribution in [2.45, 2.75) is 12.4 Å². The predicted octanol–water partition coefficient (Wildman–Crippen LogP) is 17.2. The molecule has 0 aliphatic heterocycles. The molecule has 86 heavy (non-hydrogen) atoms. The van der Waals surface area contributed by atoms with Gasteiger partial charge in [-0.3, -0.25) is 0 Å². The van der Waals surface area contributed by atoms with Crippen molar-refractivity contribution in [3.8, 4) is 116 Å². The van der Waals surface area contributed by atoms with Crippen LogP contribution in [-0.4, -0.2) is 9.13 Å². The molecule has 402 valence electrons. The van der Waals surface area contributed by atoms with E-state index in [0.717, 1.165) is 24.3 Å². The molecule has 0 saturated heterocycles. The van der Waals surface area contributed by atoms with Gasteiger partial charge in [-0.25, -0.2) is 0 Å². The highest BCUT2D eigenvalue weighted by atomic mass is 19.4. The van der Waals surface area contributed by atoms with E-state index < -0.39 is 23.5 Å². The molecule has 12 aromatic rings. The highest BCUT2D eigenvalue weighted by Crippen LogP contribution is 2.48. The van der Waals surface area contributed by atoms with Crippen molar-refractivity contribution in [3.05, 3.63) is 238 Å². The van der Waals surface area contributed by atoms with E-state index in [1.165, 1.54) is 36.4 Å². The van der Waals surface area contributed by atoms with Gasteiger partial charge in [-0.05, 0) is 196 Å². The molecule has 0 atom stereocenters. The van der Waals surface area contributed by atoms with Crippen LogP contribution in [0.4, 0.5) is 26.3 Å². The third kappa shape index (κ3) is 9.43. The zero-order chi connectivity index (χ0) is 60.3. The summed E-state index contributed by atoms with van der Waals surface area (Å²) >= 11 is 0. The topological polar surface area (TPSA) is 200 Å². The molecule has 0 aliphatic carbocycles. The van der Waals surface area contributed by atoms with Crippen LogP contribution in [0.1, 0.15) is 55.6 Å². The van der Waals surface area contributed by atoms with Crippen molar-refractivity contribution in [1.82, 2.24) is 9.13 Å². The highest BCUT2D eigenvalue weighted by molar-refractivity contribution is 6.14. The van der Waals surface area contributed by atoms with Gasteiger partial charge in [0.2, 0.25) is 0 Å². The number of benzene rings is 10. The molecule has 0 amide bonds. The number of fused-ring (bicyclic) bond motifs is 6. The van der Waals surface area contributed by atoms with Crippen molar-refractivity contribution in [3.63, 3.8) is 0 Å². The monoisotopic (exact) mass is 1120 g/mol. The quantitative estimate of drug-likeness (QED) is 0.140. The van der Waals surface area contributed by atoms with Crippen LogP contribution in [0.15, 0.2) is 182 Å². The van der Waals surface area contributed by atoms with Gasteiger partial charge in [-0.15, -0.1) is 0 Å². The average molecular weight is 1130 g/mol. The number of halogens is 6. The first kappa shape index (κ1) is 53.9. The highest BCUT2D eigenvalue weighted by Gasteiger charge is 2.36. The Bertz CT molecular complexity index is 4640. The van der Waals surface area contributed by atoms with Gasteiger partial charge < -0.3 is 9.13 Å². The number of hydrogen-bond acceptors (Lipinski definition) is 8. The number of nitriles is 8. The van der Waals surface area contributed by atoms with Gasteiger partial charge in [0.15, 0.2) is 0 Å². The molecule has 12 rings (SSSR count). The van der Waals surface area contributed by atoms with Crippen molar-refractivity contribution < 1.29 is 26.3 Å². The summed E-state index contributed by atoms with van der Waals surface area (Å²) in [5.74, 6) is 0. The molecule has 0 saturated carbocycles. The predicted molar refractivity (Wildman–Crippen MR) is 310 cm³/mol. The lowest BCUT2D eigenvalue weighted by Gasteiger charge is -2.23. The first-order chi connectivity index (χ1) is 41.4. The number of aromatic nitrogens is 2. The molecule has 0 aliphatic rings. The third-order valence-electron chi connectivity index (χ3n) is 15.0. The molecule has 2 aromatic heterocycles. The smallest absolute Gasteiger partial charge is 0.309 e. The molecule has 16 heteroatoms. The van der Waals surface area contributed by atoms with Gasteiger partial charge in [0.1, 0.15) is 0 Å². The van der Waals surface area contributed by atoms with Gasteiger partial charge in [0.25, 0.3) is 0 Å². The zero-order valence-corrected chi connectivity index (χ0v) is 44.1. The molecule has 0 spiro atoms. The van der Waals surface area contributed by atoms with E-state index >= 15 is 26.3 Å². The zero-order valence-electron chi connectivity index (χ0n) is 44.1. The second kappa shape index (κ2) is 20.7. The van der Waals surface area contributed by atoms with Crippen LogP contribution < -0.4 is 0 Å². The van der Waals surface area contributed by atoms with Crippen LogP contribution in [-0.2, 0) is 12.4 Å². The van der Waals surface area contributed by atoms with Crippen molar-refractivity contribution in [1.29, 1.82) is 42.1 Å². The molecule has 0 bridgehead atoms. The summed E-state index contributed by atoms with van der Waals surface area (Å²) < 4.78 is 96.8. The summed E-state index contributed by atoms with van der Waals surface area (Å²) in [6, 6.07) is 61.0. The van der Waals surface area contributed by atoms with E-state index in [9.17, 15) is 42.1 Å². The Hall–Kier alpha value is -12.7. The molecular formula is C70H30F6N10. The minimum atomic E-state index is -5.10. The second-order valence-corrected chi connectivity index (χ2v) is 20.2. The van der Waals surface area contributed by atoms with Crippen LogP contribution in [0.2, 0.25) is 0 Å². The number of alkyl halides is 6. The first-order valence-electron chi connectivity index (χ1n) is 25.9. The lowest BCUT2D eigenvalue weighted by atomic mass is 9.96. The maximum atomic E-state index is 16.1. The summed E-state index contributed by atoms with van der Waals surface area (Å²) in [6.07, 6.45) is -10.0. The van der Waals surface area contributed by atoms with Gasteiger partial charge in [-0.2, -0.15) is 68.4 Å². The summed E-state index contributed by atoms with van der Waals surface area (Å²) in [6.45, 7) is 0. The van der Waals surface area contributed by atoms with E-state index in [-0.39, 0.29) is 89.1 Å². The number of hydrogen-bond donors (Lipinski definition) is 0. The van der Waals surface area contributed by atoms with Crippen LogP contribution >= 0.6 is 0 Å². The van der Waals surface area contributed by atoms with E-state index in [2.05, 4.69) is 48.6 Å². The average Bonchev–Trinajstić information content (AvgIpc) is 1.54. The van der Waals surface area contributed by atoms with Gasteiger partial charge in [0.05, 0.1) is 138 Å². The van der Waals surface area contributed by atoms with E-state index in [4.69, 9.17) is 0 Å². The fourth-order valence-electron chi connectivity index (χ4n) is 11.3. The van der Waals surface area contributed by atoms with Crippen molar-refractivity contribution in [2.75, 3.05) is 0 Å². The molecule has 0 unspecified atom stereocenters. The fourth-order valence-corrected chi connectivity index (χ4v) is 11.3. The molecular weight excluding hydrogens is 1090 g/mol. The summed E-state index contributed by atoms with van der Waals surface area (Å²) in [5.41, 5.74) is 3.43. The largest absolute Gasteiger partial charge is 0.416 e. The Balaban J connectivity index is 1.24. The third-order valence-corrected chi connectivity index (χ3v) is 15.0. The SMILES string of the molecule is N#Cc1cc(C#N)cc(-c2ccc3c(c2)c2cc(-c4cc(C#N)cc(C#N)c4)ccc2n3-c2cc(C(F)(F)F)cc(-n3c4ccc(-c5cc(C#N)cc(C#N)c5)cc4c4cc(-c5cc(C#N)cc(C#N)c5)ccc43)c2-c2cccc(C(F)(F)F)c2)c1. The number of rotatable bonds is 7. The van der Waals surface area contributed by atoms with Crippen molar-refractivity contribution in [2.24, 2.45) is 0 Å². The Morgan fingerprint density at radius 2 is 0.523 bits per heavy atom. The number of nitrogens with zero attached hydrogens (tertiary/aromatic N) is 10. The lowest BCUT2D eigenvalue weighted by molar-refractivity contribution is -0.138. The van der Waals surface area contributed by atoms with Gasteiger partial charge >= 0.3 is 12.4 Å². The molecule has 10 nitrogen and oxygen atoms in total. The van der Waals surface area contributed by atoms with Crippen molar-refractivity contribution >= 4 is 43.6 Å². The molecule has 0 fully saturated rings. The van der Waals surface area contributed by atoms with Crippen LogP contribution in [0.3, 0.4) is 0 Å². The minimum absolute atomic E-state index is 0.0791. The fraction of sp³-hybridized carbons (Fsp3) is 0.0286. The summed E-state index contributed by atoms with van der Waals surface area (Å²) in [5, 5.41) is 81.3. The molecule has 0 N–H and O–H groups in total. The normalized spacial score (nSPS) is 11.3. The Morgan fingerprint density at radius 3 is 0.767 bits per heavy atom. The van der Waals surface area contributed by atoms with Crippen LogP contribution in [0, 0.1) is 90.6 Å². The molecule has 2 heterocycles. The van der Waals surface area contributed by atoms with E-state index in [1.807, 2.05) is 0 Å². The Labute approximate surface area is 484 Å². The van der Waals surface area contributed by atoms with Crippen LogP contribution in [0.25, 0.3) is 111 Å². The van der Waals surface area contributed by atoms with Gasteiger partial charge in [-0.1, -0.05) is 36.4 Å². The van der Waals surface area contributed by atoms with Gasteiger partial charge in [0, 0.05) is 27.1 Å². The van der Waals surface area contributed by atoms with E-state index in [0.29, 0.717) is 66.1 Å². The molecule has 10 aromatic carbocycles. The van der Waals surface area contributed by atoms with E-state index in [1.54, 1.807) is 130 Å². The Morgan fingerprint density at radius 1 is 0.256 bits per heavy atom. The minimum Gasteiger partial charge on any atom is -0.309 e.